The molecule has 33 heavy (non-hydrogen) atoms. The maximum atomic E-state index is 13.1. The first kappa shape index (κ1) is 22.3. The van der Waals surface area contributed by atoms with Gasteiger partial charge < -0.3 is 5.32 Å². The predicted octanol–water partition coefficient (Wildman–Crippen LogP) is 1.64. The van der Waals surface area contributed by atoms with Gasteiger partial charge in [0.25, 0.3) is 5.56 Å². The van der Waals surface area contributed by atoms with Crippen molar-refractivity contribution in [3.63, 3.8) is 0 Å². The zero-order valence-corrected chi connectivity index (χ0v) is 17.3. The third kappa shape index (κ3) is 4.26. The first-order valence-electron chi connectivity index (χ1n) is 8.96. The molecule has 0 spiro atoms. The summed E-state index contributed by atoms with van der Waals surface area (Å²) >= 11 is 0. The van der Waals surface area contributed by atoms with Gasteiger partial charge in [-0.3, -0.25) is 14.2 Å². The first-order chi connectivity index (χ1) is 15.3. The summed E-state index contributed by atoms with van der Waals surface area (Å²) in [5, 5.41) is 5.26. The number of fused-ring (bicyclic) bond motifs is 3. The highest BCUT2D eigenvalue weighted by atomic mass is 32.2. The third-order valence-electron chi connectivity index (χ3n) is 4.46. The molecule has 0 aliphatic carbocycles. The number of hydrogen-bond acceptors (Lipinski definition) is 7. The van der Waals surface area contributed by atoms with Crippen molar-refractivity contribution in [3.8, 4) is 0 Å². The molecule has 1 amide bonds. The van der Waals surface area contributed by atoms with Gasteiger partial charge in [0, 0.05) is 12.3 Å². The van der Waals surface area contributed by atoms with E-state index in [0.717, 1.165) is 39.7 Å². The van der Waals surface area contributed by atoms with Gasteiger partial charge in [-0.2, -0.15) is 22.8 Å². The fraction of sp³-hybridized carbons (Fsp3) is 0.167. The van der Waals surface area contributed by atoms with Gasteiger partial charge in [-0.15, -0.1) is 0 Å². The van der Waals surface area contributed by atoms with Gasteiger partial charge in [0.05, 0.1) is 11.6 Å². The second-order valence-corrected chi connectivity index (χ2v) is 8.85. The highest BCUT2D eigenvalue weighted by molar-refractivity contribution is 7.90. The van der Waals surface area contributed by atoms with Crippen molar-refractivity contribution < 1.29 is 30.8 Å². The van der Waals surface area contributed by atoms with Crippen molar-refractivity contribution in [3.05, 3.63) is 58.4 Å². The van der Waals surface area contributed by atoms with Gasteiger partial charge in [0.15, 0.2) is 20.5 Å². The Hall–Kier alpha value is -3.88. The van der Waals surface area contributed by atoms with Crippen LogP contribution in [-0.4, -0.2) is 44.7 Å². The molecular formula is C18H12F4N6O4S. The van der Waals surface area contributed by atoms with Crippen LogP contribution < -0.4 is 10.9 Å². The SMILES string of the molecule is CS(=O)(=O)c1cc2n(CC(=O)Nc3ccc(F)cn3)c(=O)c3ccc(C(F)(F)F)nc3n2n1. The molecule has 0 aliphatic heterocycles. The lowest BCUT2D eigenvalue weighted by molar-refractivity contribution is -0.141. The lowest BCUT2D eigenvalue weighted by atomic mass is 10.2. The van der Waals surface area contributed by atoms with E-state index >= 15 is 0 Å². The van der Waals surface area contributed by atoms with E-state index in [1.54, 1.807) is 0 Å². The number of halogens is 4. The van der Waals surface area contributed by atoms with Crippen molar-refractivity contribution in [2.45, 2.75) is 17.7 Å². The largest absolute Gasteiger partial charge is 0.433 e. The summed E-state index contributed by atoms with van der Waals surface area (Å²) in [5.41, 5.74) is -3.02. The lowest BCUT2D eigenvalue weighted by Gasteiger charge is -2.12. The summed E-state index contributed by atoms with van der Waals surface area (Å²) in [6.45, 7) is -0.673. The van der Waals surface area contributed by atoms with Crippen molar-refractivity contribution >= 4 is 38.2 Å². The van der Waals surface area contributed by atoms with Crippen molar-refractivity contribution in [1.82, 2.24) is 24.1 Å². The van der Waals surface area contributed by atoms with Crippen molar-refractivity contribution in [2.24, 2.45) is 0 Å². The number of pyridine rings is 2. The van der Waals surface area contributed by atoms with Crippen LogP contribution in [0.1, 0.15) is 5.69 Å². The molecule has 0 radical (unpaired) electrons. The number of carbonyl (C=O) groups excluding carboxylic acids is 1. The number of nitrogens with one attached hydrogen (secondary N) is 1. The monoisotopic (exact) mass is 484 g/mol. The Morgan fingerprint density at radius 2 is 1.91 bits per heavy atom. The standard InChI is InChI=1S/C18H12F4N6O4S/c1-33(31,32)14-6-15-27(8-13(29)25-12-5-2-9(19)7-23-12)17(30)10-3-4-11(18(20,21)22)24-16(10)28(15)26-14/h2-7H,8H2,1H3,(H,23,25,29). The minimum atomic E-state index is -4.83. The highest BCUT2D eigenvalue weighted by Crippen LogP contribution is 2.28. The molecule has 1 N–H and O–H groups in total. The number of aromatic nitrogens is 5. The van der Waals surface area contributed by atoms with E-state index in [2.05, 4.69) is 20.4 Å². The van der Waals surface area contributed by atoms with Crippen LogP contribution >= 0.6 is 0 Å². The Balaban J connectivity index is 1.90. The molecule has 4 heterocycles. The maximum Gasteiger partial charge on any atom is 0.433 e. The Labute approximate surface area is 181 Å². The van der Waals surface area contributed by atoms with Crippen molar-refractivity contribution in [2.75, 3.05) is 11.6 Å². The number of anilines is 1. The number of carbonyl (C=O) groups is 1. The molecule has 0 unspecified atom stereocenters. The number of hydrogen-bond donors (Lipinski definition) is 1. The van der Waals surface area contributed by atoms with E-state index in [0.29, 0.717) is 6.07 Å². The fourth-order valence-electron chi connectivity index (χ4n) is 2.99. The molecule has 0 saturated carbocycles. The fourth-order valence-corrected chi connectivity index (χ4v) is 3.54. The van der Waals surface area contributed by atoms with Crippen molar-refractivity contribution in [1.29, 1.82) is 0 Å². The quantitative estimate of drug-likeness (QED) is 0.436. The Bertz CT molecular complexity index is 1580. The molecule has 4 aromatic rings. The summed E-state index contributed by atoms with van der Waals surface area (Å²) in [4.78, 5) is 32.6. The average Bonchev–Trinajstić information content (AvgIpc) is 3.18. The van der Waals surface area contributed by atoms with Gasteiger partial charge in [-0.05, 0) is 24.3 Å². The molecule has 4 aromatic heterocycles. The number of nitrogens with zero attached hydrogens (tertiary/aromatic N) is 5. The molecule has 0 aromatic carbocycles. The van der Waals surface area contributed by atoms with Crippen LogP contribution in [0.2, 0.25) is 0 Å². The van der Waals surface area contributed by atoms with Gasteiger partial charge in [-0.1, -0.05) is 0 Å². The van der Waals surface area contributed by atoms with E-state index in [1.165, 1.54) is 6.07 Å². The third-order valence-corrected chi connectivity index (χ3v) is 5.42. The molecule has 10 nitrogen and oxygen atoms in total. The summed E-state index contributed by atoms with van der Waals surface area (Å²) < 4.78 is 77.9. The van der Waals surface area contributed by atoms with Crippen LogP contribution in [-0.2, 0) is 27.4 Å². The number of alkyl halides is 3. The maximum absolute atomic E-state index is 13.1. The molecule has 0 bridgehead atoms. The van der Waals surface area contributed by atoms with Crippen LogP contribution in [0.4, 0.5) is 23.4 Å². The average molecular weight is 484 g/mol. The second-order valence-electron chi connectivity index (χ2n) is 6.89. The summed E-state index contributed by atoms with van der Waals surface area (Å²) in [6, 6.07) is 4.62. The van der Waals surface area contributed by atoms with E-state index in [4.69, 9.17) is 0 Å². The predicted molar refractivity (Wildman–Crippen MR) is 106 cm³/mol. The smallest absolute Gasteiger partial charge is 0.309 e. The molecule has 15 heteroatoms. The molecule has 0 atom stereocenters. The van der Waals surface area contributed by atoms with Crippen LogP contribution in [0.5, 0.6) is 0 Å². The van der Waals surface area contributed by atoms with E-state index < -0.39 is 56.2 Å². The van der Waals surface area contributed by atoms with E-state index in [-0.39, 0.29) is 16.9 Å². The molecule has 0 fully saturated rings. The highest BCUT2D eigenvalue weighted by Gasteiger charge is 2.33. The first-order valence-corrected chi connectivity index (χ1v) is 10.9. The zero-order chi connectivity index (χ0) is 24.1. The minimum Gasteiger partial charge on any atom is -0.309 e. The van der Waals surface area contributed by atoms with E-state index in [9.17, 15) is 35.6 Å². The summed E-state index contributed by atoms with van der Waals surface area (Å²) in [7, 11) is -3.93. The number of sulfone groups is 1. The van der Waals surface area contributed by atoms with Crippen LogP contribution in [0.15, 0.2) is 46.3 Å². The topological polar surface area (TPSA) is 128 Å². The van der Waals surface area contributed by atoms with Gasteiger partial charge in [0.1, 0.15) is 29.5 Å². The molecule has 172 valence electrons. The van der Waals surface area contributed by atoms with Crippen LogP contribution in [0.3, 0.4) is 0 Å². The Morgan fingerprint density at radius 1 is 1.18 bits per heavy atom. The summed E-state index contributed by atoms with van der Waals surface area (Å²) in [6.07, 6.45) is -3.15. The van der Waals surface area contributed by atoms with Crippen LogP contribution in [0.25, 0.3) is 16.7 Å². The second kappa shape index (κ2) is 7.61. The normalized spacial score (nSPS) is 12.4. The molecule has 0 saturated heterocycles. The molecular weight excluding hydrogens is 472 g/mol. The number of amides is 1. The Morgan fingerprint density at radius 3 is 2.52 bits per heavy atom. The summed E-state index contributed by atoms with van der Waals surface area (Å²) in [5.74, 6) is -1.45. The van der Waals surface area contributed by atoms with Crippen LogP contribution in [0, 0.1) is 5.82 Å². The molecule has 4 rings (SSSR count). The molecule has 0 aliphatic rings. The van der Waals surface area contributed by atoms with E-state index in [1.807, 2.05) is 0 Å². The van der Waals surface area contributed by atoms with Gasteiger partial charge in [-0.25, -0.2) is 22.8 Å². The Kier molecular flexibility index (Phi) is 5.15. The van der Waals surface area contributed by atoms with Gasteiger partial charge in [0.2, 0.25) is 5.91 Å². The lowest BCUT2D eigenvalue weighted by Crippen LogP contribution is -2.30. The number of rotatable bonds is 4. The minimum absolute atomic E-state index is 0.0203. The van der Waals surface area contributed by atoms with Gasteiger partial charge >= 0.3 is 6.18 Å². The zero-order valence-electron chi connectivity index (χ0n) is 16.5.